The van der Waals surface area contributed by atoms with Crippen molar-refractivity contribution < 1.29 is 80.6 Å². The van der Waals surface area contributed by atoms with Gasteiger partial charge in [0.05, 0.1) is 0 Å². The summed E-state index contributed by atoms with van der Waals surface area (Å²) in [5, 5.41) is 0. The average molecular weight is 384 g/mol. The van der Waals surface area contributed by atoms with Gasteiger partial charge < -0.3 is 0 Å². The summed E-state index contributed by atoms with van der Waals surface area (Å²) in [6, 6.07) is 0. The van der Waals surface area contributed by atoms with Crippen molar-refractivity contribution in [2.24, 2.45) is 0 Å². The van der Waals surface area contributed by atoms with Crippen molar-refractivity contribution in [3.63, 3.8) is 0 Å². The van der Waals surface area contributed by atoms with E-state index in [-0.39, 0.29) is 109 Å². The second-order valence-electron chi connectivity index (χ2n) is 0. The van der Waals surface area contributed by atoms with Gasteiger partial charge in [0.25, 0.3) is 0 Å². The van der Waals surface area contributed by atoms with E-state index in [9.17, 15) is 0 Å². The Morgan fingerprint density at radius 2 is 1.00 bits per heavy atom. The average Bonchev–Trinajstić information content (AvgIpc) is 0. The van der Waals surface area contributed by atoms with Crippen LogP contribution in [0.1, 0.15) is 0 Å². The molecule has 0 aliphatic rings. The molecule has 0 saturated heterocycles. The van der Waals surface area contributed by atoms with Gasteiger partial charge in [-0.3, -0.25) is 0 Å². The van der Waals surface area contributed by atoms with Crippen molar-refractivity contribution in [2.75, 3.05) is 0 Å². The van der Waals surface area contributed by atoms with Crippen LogP contribution in [0.3, 0.4) is 0 Å². The molecule has 0 aromatic carbocycles. The minimum Gasteiger partial charge on any atom is -0.0149 e. The van der Waals surface area contributed by atoms with Crippen LogP contribution in [0, 0.1) is 37.3 Å². The fourth-order valence-corrected chi connectivity index (χ4v) is 0. The molecule has 0 heterocycles. The van der Waals surface area contributed by atoms with Crippen molar-refractivity contribution in [2.45, 2.75) is 0 Å². The molecule has 5 heteroatoms. The maximum absolute atomic E-state index is 0. The molecule has 5 heavy (non-hydrogen) atoms. The topological polar surface area (TPSA) is 0 Å². The van der Waals surface area contributed by atoms with Crippen LogP contribution >= 0.6 is 0 Å². The van der Waals surface area contributed by atoms with Gasteiger partial charge in [-0.2, -0.15) is 0 Å². The molecule has 0 amide bonds. The third-order valence-corrected chi connectivity index (χ3v) is 0. The standard InChI is InChI=1S/Al.Cu.Er.H4Si.Zr.3H/h;;;1H4;;;;. The van der Waals surface area contributed by atoms with Crippen LogP contribution in [0.2, 0.25) is 0 Å². The Morgan fingerprint density at radius 1 is 1.00 bits per heavy atom. The number of hydrogen-bond acceptors (Lipinski definition) is 0. The second kappa shape index (κ2) is 26.2. The van der Waals surface area contributed by atoms with E-state index in [4.69, 9.17) is 0 Å². The monoisotopic (exact) mass is 381 g/mol. The summed E-state index contributed by atoms with van der Waals surface area (Å²) in [6.45, 7) is 0. The number of rotatable bonds is 0. The van der Waals surface area contributed by atoms with Crippen molar-refractivity contribution in [3.05, 3.63) is 0 Å². The molecule has 0 fully saturated rings. The largest absolute Gasteiger partial charge is 0.187 e. The quantitative estimate of drug-likeness (QED) is 0.401. The van der Waals surface area contributed by atoms with E-state index in [1.807, 2.05) is 0 Å². The summed E-state index contributed by atoms with van der Waals surface area (Å²) < 4.78 is 0. The summed E-state index contributed by atoms with van der Waals surface area (Å²) in [5.74, 6) is 0. The molecule has 0 N–H and O–H groups in total. The molecule has 0 nitrogen and oxygen atoms in total. The summed E-state index contributed by atoms with van der Waals surface area (Å²) >= 11 is 0. The molecular weight excluding hydrogens is 377 g/mol. The molecule has 0 rings (SSSR count). The van der Waals surface area contributed by atoms with Gasteiger partial charge in [0.1, 0.15) is 0 Å². The fraction of sp³-hybridized carbons (Fsp3) is 0. The zero-order valence-corrected chi connectivity index (χ0v) is 6.34. The van der Waals surface area contributed by atoms with Crippen LogP contribution in [-0.4, -0.2) is 28.3 Å². The van der Waals surface area contributed by atoms with Crippen LogP contribution in [0.15, 0.2) is 0 Å². The Morgan fingerprint density at radius 3 is 1.00 bits per heavy atom. The zero-order chi connectivity index (χ0) is 0. The van der Waals surface area contributed by atoms with Gasteiger partial charge in [-0.05, 0) is 11.0 Å². The SMILES string of the molecule is [AlH3].[Cu].[Er].[SiH4].[Zr]. The van der Waals surface area contributed by atoms with Crippen molar-refractivity contribution in [1.82, 2.24) is 0 Å². The third-order valence-electron chi connectivity index (χ3n) is 0. The van der Waals surface area contributed by atoms with E-state index in [1.54, 1.807) is 0 Å². The maximum Gasteiger partial charge on any atom is 0.187 e. The predicted octanol–water partition coefficient (Wildman–Crippen LogP) is -2.64. The summed E-state index contributed by atoms with van der Waals surface area (Å²) in [7, 11) is 0. The van der Waals surface area contributed by atoms with Crippen LogP contribution in [-0.2, 0) is 43.3 Å². The first-order chi connectivity index (χ1) is 0. The predicted molar refractivity (Wildman–Crippen MR) is 21.3 cm³/mol. The normalized spacial score (nSPS) is 0. The van der Waals surface area contributed by atoms with Gasteiger partial charge in [-0.1, -0.05) is 0 Å². The van der Waals surface area contributed by atoms with Gasteiger partial charge in [-0.25, -0.2) is 0 Å². The maximum atomic E-state index is 0. The van der Waals surface area contributed by atoms with Crippen molar-refractivity contribution in [3.8, 4) is 0 Å². The zero-order valence-electron chi connectivity index (χ0n) is 1.09. The van der Waals surface area contributed by atoms with Crippen molar-refractivity contribution >= 4 is 28.3 Å². The third kappa shape index (κ3) is 18.7. The minimum atomic E-state index is 0. The van der Waals surface area contributed by atoms with Crippen LogP contribution < -0.4 is 0 Å². The van der Waals surface area contributed by atoms with Gasteiger partial charge in [-0.15, -0.1) is 0 Å². The Hall–Kier alpha value is 3.40. The molecule has 0 aliphatic carbocycles. The van der Waals surface area contributed by atoms with Gasteiger partial charge in [0.2, 0.25) is 0 Å². The van der Waals surface area contributed by atoms with E-state index >= 15 is 0 Å². The smallest absolute Gasteiger partial charge is 0.0149 e. The molecule has 41 valence electrons. The van der Waals surface area contributed by atoms with Gasteiger partial charge >= 0.3 is 0 Å². The van der Waals surface area contributed by atoms with E-state index in [2.05, 4.69) is 0 Å². The van der Waals surface area contributed by atoms with E-state index < -0.39 is 0 Å². The van der Waals surface area contributed by atoms with Crippen LogP contribution in [0.25, 0.3) is 0 Å². The molecule has 1 radical (unpaired) electrons. The Balaban J connectivity index is 0. The second-order valence-corrected chi connectivity index (χ2v) is 0. The molecule has 0 unspecified atom stereocenters. The molecular formula is H7AlCuErSiZr. The molecule has 0 aliphatic heterocycles. The Labute approximate surface area is 107 Å². The van der Waals surface area contributed by atoms with E-state index in [0.29, 0.717) is 0 Å². The molecule has 0 bridgehead atoms. The first kappa shape index (κ1) is 39.8. The fourth-order valence-electron chi connectivity index (χ4n) is 0. The van der Waals surface area contributed by atoms with Crippen molar-refractivity contribution in [1.29, 1.82) is 0 Å². The molecule has 0 spiro atoms. The van der Waals surface area contributed by atoms with Gasteiger partial charge in [0, 0.05) is 80.6 Å². The van der Waals surface area contributed by atoms with Crippen LogP contribution in [0.5, 0.6) is 0 Å². The number of hydrogen-bond donors (Lipinski definition) is 0. The first-order valence-corrected chi connectivity index (χ1v) is 0. The summed E-state index contributed by atoms with van der Waals surface area (Å²) in [6.07, 6.45) is 0. The van der Waals surface area contributed by atoms with E-state index in [0.717, 1.165) is 0 Å². The molecule has 0 saturated carbocycles. The Bertz CT molecular complexity index is 11.6. The first-order valence-electron chi connectivity index (χ1n) is 0. The van der Waals surface area contributed by atoms with E-state index in [1.165, 1.54) is 0 Å². The molecule has 0 atom stereocenters. The summed E-state index contributed by atoms with van der Waals surface area (Å²) in [5.41, 5.74) is 0. The molecule has 0 aromatic rings. The van der Waals surface area contributed by atoms with Gasteiger partial charge in [0.15, 0.2) is 17.4 Å². The summed E-state index contributed by atoms with van der Waals surface area (Å²) in [4.78, 5) is 0. The van der Waals surface area contributed by atoms with Crippen LogP contribution in [0.4, 0.5) is 0 Å². The Kier molecular flexibility index (Phi) is 209. The minimum absolute atomic E-state index is 0. The molecule has 0 aromatic heterocycles.